The van der Waals surface area contributed by atoms with E-state index in [9.17, 15) is 14.4 Å². The van der Waals surface area contributed by atoms with E-state index in [1.54, 1.807) is 13.1 Å². The Balaban J connectivity index is 0.00000364. The number of fused-ring (bicyclic) bond motifs is 1. The van der Waals surface area contributed by atoms with Crippen molar-refractivity contribution in [3.8, 4) is 0 Å². The fourth-order valence-corrected chi connectivity index (χ4v) is 2.63. The summed E-state index contributed by atoms with van der Waals surface area (Å²) < 4.78 is 5.05. The van der Waals surface area contributed by atoms with Crippen molar-refractivity contribution in [3.05, 3.63) is 36.0 Å². The SMILES string of the molecule is CCOC(=O)[C@H](Cc1c[nH]c2ccccc12)NC(=O)CCC(N)C(=O)O.Cl. The number of aromatic amines is 1. The maximum Gasteiger partial charge on any atom is 0.328 e. The number of hydrogen-bond acceptors (Lipinski definition) is 5. The molecule has 1 unspecified atom stereocenters. The molecule has 0 aliphatic rings. The number of para-hydroxylation sites is 1. The first-order valence-electron chi connectivity index (χ1n) is 8.41. The first-order valence-corrected chi connectivity index (χ1v) is 8.41. The maximum atomic E-state index is 12.2. The summed E-state index contributed by atoms with van der Waals surface area (Å²) in [5.74, 6) is -2.15. The third-order valence-electron chi connectivity index (χ3n) is 4.00. The second-order valence-corrected chi connectivity index (χ2v) is 5.92. The number of hydrogen-bond donors (Lipinski definition) is 4. The number of nitrogens with two attached hydrogens (primary N) is 1. The van der Waals surface area contributed by atoms with Crippen molar-refractivity contribution in [2.24, 2.45) is 5.73 Å². The van der Waals surface area contributed by atoms with Crippen LogP contribution in [0.3, 0.4) is 0 Å². The molecule has 0 aliphatic heterocycles. The Morgan fingerprint density at radius 3 is 2.67 bits per heavy atom. The van der Waals surface area contributed by atoms with Crippen LogP contribution in [0.15, 0.2) is 30.5 Å². The third kappa shape index (κ3) is 6.26. The van der Waals surface area contributed by atoms with E-state index in [1.165, 1.54) is 0 Å². The number of esters is 1. The Hall–Kier alpha value is -2.58. The molecule has 8 nitrogen and oxygen atoms in total. The number of aromatic nitrogens is 1. The second-order valence-electron chi connectivity index (χ2n) is 5.92. The van der Waals surface area contributed by atoms with E-state index in [2.05, 4.69) is 10.3 Å². The van der Waals surface area contributed by atoms with Gasteiger partial charge in [-0.1, -0.05) is 18.2 Å². The zero-order chi connectivity index (χ0) is 19.1. The minimum absolute atomic E-state index is 0. The molecule has 2 rings (SSSR count). The summed E-state index contributed by atoms with van der Waals surface area (Å²) in [6, 6.07) is 5.67. The van der Waals surface area contributed by atoms with Crippen LogP contribution in [-0.2, 0) is 25.5 Å². The summed E-state index contributed by atoms with van der Waals surface area (Å²) in [4.78, 5) is 38.2. The van der Waals surface area contributed by atoms with Crippen LogP contribution in [0.5, 0.6) is 0 Å². The summed E-state index contributed by atoms with van der Waals surface area (Å²) in [7, 11) is 0. The van der Waals surface area contributed by atoms with Crippen LogP contribution in [-0.4, -0.2) is 46.6 Å². The van der Waals surface area contributed by atoms with Crippen LogP contribution < -0.4 is 11.1 Å². The first kappa shape index (κ1) is 22.5. The zero-order valence-electron chi connectivity index (χ0n) is 14.9. The molecule has 27 heavy (non-hydrogen) atoms. The molecule has 0 bridgehead atoms. The number of nitrogens with one attached hydrogen (secondary N) is 2. The number of carbonyl (C=O) groups excluding carboxylic acids is 2. The van der Waals surface area contributed by atoms with Crippen LogP contribution in [0.25, 0.3) is 10.9 Å². The molecule has 2 aromatic rings. The molecule has 148 valence electrons. The Morgan fingerprint density at radius 2 is 2.00 bits per heavy atom. The number of ether oxygens (including phenoxy) is 1. The van der Waals surface area contributed by atoms with Crippen LogP contribution in [0.2, 0.25) is 0 Å². The van der Waals surface area contributed by atoms with E-state index in [1.807, 2.05) is 24.3 Å². The predicted molar refractivity (Wildman–Crippen MR) is 103 cm³/mol. The van der Waals surface area contributed by atoms with Gasteiger partial charge in [0.2, 0.25) is 5.91 Å². The number of carboxylic acid groups (broad SMARTS) is 1. The average molecular weight is 398 g/mol. The van der Waals surface area contributed by atoms with Gasteiger partial charge in [0.15, 0.2) is 0 Å². The molecule has 0 fully saturated rings. The highest BCUT2D eigenvalue weighted by Gasteiger charge is 2.24. The molecule has 0 spiro atoms. The fraction of sp³-hybridized carbons (Fsp3) is 0.389. The van der Waals surface area contributed by atoms with Crippen molar-refractivity contribution < 1.29 is 24.2 Å². The number of carbonyl (C=O) groups is 3. The lowest BCUT2D eigenvalue weighted by molar-refractivity contribution is -0.147. The van der Waals surface area contributed by atoms with E-state index in [-0.39, 0.29) is 38.3 Å². The molecule has 2 atom stereocenters. The standard InChI is InChI=1S/C18H23N3O5.ClH/c1-2-26-18(25)15(21-16(22)8-7-13(19)17(23)24)9-11-10-20-14-6-4-3-5-12(11)14;/h3-6,10,13,15,20H,2,7-9,19H2,1H3,(H,21,22)(H,23,24);1H/t13?,15-;/m0./s1. The second kappa shape index (κ2) is 10.5. The number of amides is 1. The fourth-order valence-electron chi connectivity index (χ4n) is 2.63. The molecule has 1 heterocycles. The Kier molecular flexibility index (Phi) is 8.77. The molecular formula is C18H24ClN3O5. The zero-order valence-corrected chi connectivity index (χ0v) is 15.8. The minimum Gasteiger partial charge on any atom is -0.480 e. The van der Waals surface area contributed by atoms with Crippen molar-refractivity contribution in [1.82, 2.24) is 10.3 Å². The number of benzene rings is 1. The van der Waals surface area contributed by atoms with Crippen molar-refractivity contribution in [2.75, 3.05) is 6.61 Å². The first-order chi connectivity index (χ1) is 12.4. The largest absolute Gasteiger partial charge is 0.480 e. The summed E-state index contributed by atoms with van der Waals surface area (Å²) in [6.45, 7) is 1.89. The Bertz CT molecular complexity index is 792. The van der Waals surface area contributed by atoms with Crippen LogP contribution >= 0.6 is 12.4 Å². The van der Waals surface area contributed by atoms with Crippen LogP contribution in [0, 0.1) is 0 Å². The lowest BCUT2D eigenvalue weighted by atomic mass is 10.0. The number of aliphatic carboxylic acids is 1. The van der Waals surface area contributed by atoms with Gasteiger partial charge in [-0.05, 0) is 25.0 Å². The van der Waals surface area contributed by atoms with Gasteiger partial charge in [-0.3, -0.25) is 9.59 Å². The Labute approximate surface area is 162 Å². The van der Waals surface area contributed by atoms with Gasteiger partial charge in [0.1, 0.15) is 12.1 Å². The van der Waals surface area contributed by atoms with Crippen molar-refractivity contribution in [3.63, 3.8) is 0 Å². The van der Waals surface area contributed by atoms with Gasteiger partial charge in [-0.25, -0.2) is 4.79 Å². The smallest absolute Gasteiger partial charge is 0.328 e. The predicted octanol–water partition coefficient (Wildman–Crippen LogP) is 1.37. The van der Waals surface area contributed by atoms with Gasteiger partial charge in [0.25, 0.3) is 0 Å². The van der Waals surface area contributed by atoms with E-state index in [0.717, 1.165) is 16.5 Å². The number of halogens is 1. The summed E-state index contributed by atoms with van der Waals surface area (Å²) in [5, 5.41) is 12.4. The van der Waals surface area contributed by atoms with E-state index < -0.39 is 29.9 Å². The number of H-pyrrole nitrogens is 1. The van der Waals surface area contributed by atoms with Crippen molar-refractivity contribution >= 4 is 41.2 Å². The van der Waals surface area contributed by atoms with Crippen LogP contribution in [0.1, 0.15) is 25.3 Å². The van der Waals surface area contributed by atoms with Crippen molar-refractivity contribution in [2.45, 2.75) is 38.3 Å². The van der Waals surface area contributed by atoms with Crippen LogP contribution in [0.4, 0.5) is 0 Å². The van der Waals surface area contributed by atoms with E-state index in [0.29, 0.717) is 0 Å². The summed E-state index contributed by atoms with van der Waals surface area (Å²) in [5.41, 5.74) is 7.21. The highest BCUT2D eigenvalue weighted by molar-refractivity contribution is 5.87. The van der Waals surface area contributed by atoms with Gasteiger partial charge in [0, 0.05) is 29.9 Å². The normalized spacial score (nSPS) is 12.7. The molecule has 0 radical (unpaired) electrons. The van der Waals surface area contributed by atoms with Gasteiger partial charge < -0.3 is 25.9 Å². The molecule has 0 saturated heterocycles. The molecule has 5 N–H and O–H groups in total. The molecule has 9 heteroatoms. The van der Waals surface area contributed by atoms with Gasteiger partial charge in [-0.2, -0.15) is 0 Å². The quantitative estimate of drug-likeness (QED) is 0.472. The van der Waals surface area contributed by atoms with Gasteiger partial charge in [0.05, 0.1) is 6.61 Å². The molecular weight excluding hydrogens is 374 g/mol. The lowest BCUT2D eigenvalue weighted by Gasteiger charge is -2.17. The molecule has 1 amide bonds. The monoisotopic (exact) mass is 397 g/mol. The minimum atomic E-state index is -1.17. The highest BCUT2D eigenvalue weighted by Crippen LogP contribution is 2.19. The topological polar surface area (TPSA) is 135 Å². The maximum absolute atomic E-state index is 12.2. The molecule has 1 aromatic carbocycles. The number of rotatable bonds is 9. The Morgan fingerprint density at radius 1 is 1.30 bits per heavy atom. The van der Waals surface area contributed by atoms with Gasteiger partial charge >= 0.3 is 11.9 Å². The number of carboxylic acids is 1. The van der Waals surface area contributed by atoms with E-state index in [4.69, 9.17) is 15.6 Å². The third-order valence-corrected chi connectivity index (χ3v) is 4.00. The lowest BCUT2D eigenvalue weighted by Crippen LogP contribution is -2.44. The summed E-state index contributed by atoms with van der Waals surface area (Å²) in [6.07, 6.45) is 1.96. The van der Waals surface area contributed by atoms with Crippen molar-refractivity contribution in [1.29, 1.82) is 0 Å². The molecule has 1 aromatic heterocycles. The average Bonchev–Trinajstić information content (AvgIpc) is 3.02. The molecule has 0 saturated carbocycles. The highest BCUT2D eigenvalue weighted by atomic mass is 35.5. The van der Waals surface area contributed by atoms with Gasteiger partial charge in [-0.15, -0.1) is 12.4 Å². The molecule has 0 aliphatic carbocycles. The summed E-state index contributed by atoms with van der Waals surface area (Å²) >= 11 is 0. The van der Waals surface area contributed by atoms with E-state index >= 15 is 0 Å².